The number of alkyl halides is 2. The van der Waals surface area contributed by atoms with Crippen LogP contribution in [0.2, 0.25) is 5.02 Å². The minimum Gasteiger partial charge on any atom is -0.343 e. The first-order chi connectivity index (χ1) is 16.2. The van der Waals surface area contributed by atoms with Crippen molar-refractivity contribution in [2.24, 2.45) is 0 Å². The molecule has 0 saturated carbocycles. The molecule has 0 unspecified atom stereocenters. The average Bonchev–Trinajstić information content (AvgIpc) is 3.37. The van der Waals surface area contributed by atoms with E-state index >= 15 is 0 Å². The van der Waals surface area contributed by atoms with E-state index < -0.39 is 49.2 Å². The van der Waals surface area contributed by atoms with Crippen LogP contribution in [-0.4, -0.2) is 62.0 Å². The number of carbonyl (C=O) groups is 3. The highest BCUT2D eigenvalue weighted by molar-refractivity contribution is 6.30. The Labute approximate surface area is 196 Å². The highest BCUT2D eigenvalue weighted by Gasteiger charge is 2.47. The van der Waals surface area contributed by atoms with E-state index in [1.807, 2.05) is 0 Å². The Morgan fingerprint density at radius 3 is 2.85 bits per heavy atom. The number of anilines is 1. The third kappa shape index (κ3) is 4.79. The van der Waals surface area contributed by atoms with Crippen LogP contribution in [0.15, 0.2) is 43.0 Å². The lowest BCUT2D eigenvalue weighted by atomic mass is 10.2. The number of nitrogens with one attached hydrogen (secondary N) is 2. The van der Waals surface area contributed by atoms with Gasteiger partial charge in [0, 0.05) is 36.1 Å². The van der Waals surface area contributed by atoms with Crippen LogP contribution in [0.25, 0.3) is 5.65 Å². The van der Waals surface area contributed by atoms with Crippen molar-refractivity contribution in [1.82, 2.24) is 24.6 Å². The third-order valence-electron chi connectivity index (χ3n) is 5.11. The number of fused-ring (bicyclic) bond motifs is 1. The Kier molecular flexibility index (Phi) is 6.12. The zero-order valence-electron chi connectivity index (χ0n) is 17.3. The smallest absolute Gasteiger partial charge is 0.275 e. The van der Waals surface area contributed by atoms with Gasteiger partial charge in [-0.1, -0.05) is 11.6 Å². The minimum atomic E-state index is -3.16. The van der Waals surface area contributed by atoms with Crippen LogP contribution in [0.3, 0.4) is 0 Å². The standard InChI is InChI=1S/C21H16ClF2N7O3/c22-12-2-4-30-10-16(28-17(30)5-12)20(34)29-15-8-26-3-1-14(15)19(33)27-9-18(32)31-11-21(23,24)6-13(31)7-25/h1-5,8,10,13H,6,9,11H2,(H,27,33)(H,29,34)/t13-/m0/s1. The number of nitriles is 1. The molecule has 1 aliphatic heterocycles. The van der Waals surface area contributed by atoms with Gasteiger partial charge in [-0.05, 0) is 12.1 Å². The number of nitrogens with zero attached hydrogens (tertiary/aromatic N) is 5. The molecule has 3 amide bonds. The lowest BCUT2D eigenvalue weighted by Gasteiger charge is -2.19. The minimum absolute atomic E-state index is 0.00783. The summed E-state index contributed by atoms with van der Waals surface area (Å²) >= 11 is 5.93. The lowest BCUT2D eigenvalue weighted by Crippen LogP contribution is -2.43. The van der Waals surface area contributed by atoms with Gasteiger partial charge in [0.1, 0.15) is 17.4 Å². The first kappa shape index (κ1) is 23.1. The Morgan fingerprint density at radius 2 is 2.09 bits per heavy atom. The van der Waals surface area contributed by atoms with Crippen molar-refractivity contribution in [2.75, 3.05) is 18.4 Å². The number of hydrogen-bond donors (Lipinski definition) is 2. The molecule has 3 aromatic heterocycles. The molecule has 10 nitrogen and oxygen atoms in total. The largest absolute Gasteiger partial charge is 0.343 e. The normalized spacial score (nSPS) is 16.8. The summed E-state index contributed by atoms with van der Waals surface area (Å²) in [4.78, 5) is 46.5. The summed E-state index contributed by atoms with van der Waals surface area (Å²) in [5.74, 6) is -5.34. The van der Waals surface area contributed by atoms with Crippen LogP contribution in [0.5, 0.6) is 0 Å². The molecule has 13 heteroatoms. The number of likely N-dealkylation sites (tertiary alicyclic amines) is 1. The van der Waals surface area contributed by atoms with Crippen molar-refractivity contribution in [2.45, 2.75) is 18.4 Å². The second-order valence-corrected chi connectivity index (χ2v) is 7.96. The quantitative estimate of drug-likeness (QED) is 0.566. The second-order valence-electron chi connectivity index (χ2n) is 7.52. The van der Waals surface area contributed by atoms with Crippen molar-refractivity contribution in [3.63, 3.8) is 0 Å². The number of carbonyl (C=O) groups excluding carboxylic acids is 3. The molecule has 1 fully saturated rings. The molecule has 0 bridgehead atoms. The van der Waals surface area contributed by atoms with Gasteiger partial charge in [0.25, 0.3) is 17.7 Å². The Hall–Kier alpha value is -4.11. The highest BCUT2D eigenvalue weighted by atomic mass is 35.5. The molecule has 0 spiro atoms. The number of imidazole rings is 1. The van der Waals surface area contributed by atoms with Gasteiger partial charge < -0.3 is 19.9 Å². The average molecular weight is 488 g/mol. The van der Waals surface area contributed by atoms with Gasteiger partial charge in [0.15, 0.2) is 0 Å². The molecule has 1 atom stereocenters. The van der Waals surface area contributed by atoms with Crippen LogP contribution >= 0.6 is 11.6 Å². The number of amides is 3. The number of hydrogen-bond acceptors (Lipinski definition) is 6. The molecular weight excluding hydrogens is 472 g/mol. The van der Waals surface area contributed by atoms with Crippen LogP contribution in [0.1, 0.15) is 27.3 Å². The Balaban J connectivity index is 1.44. The highest BCUT2D eigenvalue weighted by Crippen LogP contribution is 2.31. The SMILES string of the molecule is N#C[C@@H]1CC(F)(F)CN1C(=O)CNC(=O)c1ccncc1NC(=O)c1cn2ccc(Cl)cc2n1. The summed E-state index contributed by atoms with van der Waals surface area (Å²) in [6.07, 6.45) is 4.92. The molecule has 4 rings (SSSR count). The monoisotopic (exact) mass is 487 g/mol. The van der Waals surface area contributed by atoms with Gasteiger partial charge in [0.05, 0.1) is 36.6 Å². The fourth-order valence-corrected chi connectivity index (χ4v) is 3.65. The van der Waals surface area contributed by atoms with E-state index in [9.17, 15) is 23.2 Å². The Morgan fingerprint density at radius 1 is 1.29 bits per heavy atom. The predicted molar refractivity (Wildman–Crippen MR) is 115 cm³/mol. The summed E-state index contributed by atoms with van der Waals surface area (Å²) in [7, 11) is 0. The fourth-order valence-electron chi connectivity index (χ4n) is 3.49. The topological polar surface area (TPSA) is 132 Å². The van der Waals surface area contributed by atoms with E-state index in [1.54, 1.807) is 28.8 Å². The molecular formula is C21H16ClF2N7O3. The second kappa shape index (κ2) is 9.03. The van der Waals surface area contributed by atoms with Crippen molar-refractivity contribution in [1.29, 1.82) is 5.26 Å². The molecule has 4 heterocycles. The van der Waals surface area contributed by atoms with Gasteiger partial charge in [-0.3, -0.25) is 19.4 Å². The van der Waals surface area contributed by atoms with Gasteiger partial charge >= 0.3 is 0 Å². The summed E-state index contributed by atoms with van der Waals surface area (Å²) in [5.41, 5.74) is 0.551. The zero-order chi connectivity index (χ0) is 24.5. The van der Waals surface area contributed by atoms with Crippen molar-refractivity contribution in [3.05, 3.63) is 59.3 Å². The van der Waals surface area contributed by atoms with E-state index in [0.29, 0.717) is 10.7 Å². The van der Waals surface area contributed by atoms with Crippen molar-refractivity contribution >= 4 is 40.7 Å². The zero-order valence-corrected chi connectivity index (χ0v) is 18.1. The molecule has 0 radical (unpaired) electrons. The maximum Gasteiger partial charge on any atom is 0.275 e. The fraction of sp³-hybridized carbons (Fsp3) is 0.238. The molecule has 0 aromatic carbocycles. The first-order valence-electron chi connectivity index (χ1n) is 9.91. The van der Waals surface area contributed by atoms with Crippen LogP contribution in [0, 0.1) is 11.3 Å². The van der Waals surface area contributed by atoms with Gasteiger partial charge in [-0.15, -0.1) is 0 Å². The van der Waals surface area contributed by atoms with Gasteiger partial charge in [0.2, 0.25) is 5.91 Å². The van der Waals surface area contributed by atoms with E-state index in [0.717, 1.165) is 4.90 Å². The molecule has 34 heavy (non-hydrogen) atoms. The molecule has 174 valence electrons. The molecule has 1 saturated heterocycles. The maximum absolute atomic E-state index is 13.6. The maximum atomic E-state index is 13.6. The summed E-state index contributed by atoms with van der Waals surface area (Å²) in [6, 6.07) is 4.93. The van der Waals surface area contributed by atoms with Crippen LogP contribution < -0.4 is 10.6 Å². The third-order valence-corrected chi connectivity index (χ3v) is 5.34. The van der Waals surface area contributed by atoms with Crippen molar-refractivity contribution in [3.8, 4) is 6.07 Å². The van der Waals surface area contributed by atoms with E-state index in [-0.39, 0.29) is 16.9 Å². The predicted octanol–water partition coefficient (Wildman–Crippen LogP) is 2.12. The van der Waals surface area contributed by atoms with Crippen LogP contribution in [0.4, 0.5) is 14.5 Å². The molecule has 1 aliphatic rings. The van der Waals surface area contributed by atoms with E-state index in [2.05, 4.69) is 20.6 Å². The number of halogens is 3. The Bertz CT molecular complexity index is 1340. The summed E-state index contributed by atoms with van der Waals surface area (Å²) in [5, 5.41) is 14.3. The summed E-state index contributed by atoms with van der Waals surface area (Å²) in [6.45, 7) is -1.49. The van der Waals surface area contributed by atoms with Crippen molar-refractivity contribution < 1.29 is 23.2 Å². The van der Waals surface area contributed by atoms with Crippen LogP contribution in [-0.2, 0) is 4.79 Å². The van der Waals surface area contributed by atoms with E-state index in [1.165, 1.54) is 24.7 Å². The number of pyridine rings is 2. The lowest BCUT2D eigenvalue weighted by molar-refractivity contribution is -0.131. The van der Waals surface area contributed by atoms with Gasteiger partial charge in [-0.25, -0.2) is 13.8 Å². The summed E-state index contributed by atoms with van der Waals surface area (Å²) < 4.78 is 28.7. The number of aromatic nitrogens is 3. The van der Waals surface area contributed by atoms with E-state index in [4.69, 9.17) is 16.9 Å². The molecule has 2 N–H and O–H groups in total. The molecule has 0 aliphatic carbocycles. The first-order valence-corrected chi connectivity index (χ1v) is 10.3. The number of rotatable bonds is 5. The molecule has 3 aromatic rings. The van der Waals surface area contributed by atoms with Gasteiger partial charge in [-0.2, -0.15) is 5.26 Å².